The molecule has 1 atom stereocenters. The van der Waals surface area contributed by atoms with Crippen molar-refractivity contribution in [1.82, 2.24) is 10.2 Å². The van der Waals surface area contributed by atoms with Crippen molar-refractivity contribution in [3.63, 3.8) is 0 Å². The number of nitrogens with zero attached hydrogens (tertiary/aromatic N) is 2. The third kappa shape index (κ3) is 5.36. The molecule has 28 heavy (non-hydrogen) atoms. The molecule has 0 aromatic heterocycles. The van der Waals surface area contributed by atoms with E-state index in [2.05, 4.69) is 10.3 Å². The molecule has 1 heterocycles. The number of nitrogens with one attached hydrogen (secondary N) is 1. The first-order chi connectivity index (χ1) is 13.6. The highest BCUT2D eigenvalue weighted by Crippen LogP contribution is 2.29. The fourth-order valence-electron chi connectivity index (χ4n) is 2.86. The van der Waals surface area contributed by atoms with E-state index < -0.39 is 5.25 Å². The van der Waals surface area contributed by atoms with Crippen LogP contribution in [0.3, 0.4) is 0 Å². The Bertz CT molecular complexity index is 856. The highest BCUT2D eigenvalue weighted by molar-refractivity contribution is 8.15. The van der Waals surface area contributed by atoms with Crippen LogP contribution in [0.25, 0.3) is 0 Å². The number of halogens is 1. The van der Waals surface area contributed by atoms with Crippen LogP contribution >= 0.6 is 23.4 Å². The molecule has 5 nitrogen and oxygen atoms in total. The minimum Gasteiger partial charge on any atom is -0.355 e. The predicted octanol–water partition coefficient (Wildman–Crippen LogP) is 4.04. The van der Waals surface area contributed by atoms with E-state index in [1.165, 1.54) is 11.8 Å². The van der Waals surface area contributed by atoms with Crippen molar-refractivity contribution >= 4 is 46.0 Å². The maximum Gasteiger partial charge on any atom is 0.234 e. The van der Waals surface area contributed by atoms with Crippen LogP contribution in [0.15, 0.2) is 59.6 Å². The Balaban J connectivity index is 1.83. The molecule has 2 aromatic rings. The van der Waals surface area contributed by atoms with Crippen molar-refractivity contribution in [3.8, 4) is 0 Å². The zero-order valence-corrected chi connectivity index (χ0v) is 17.2. The summed E-state index contributed by atoms with van der Waals surface area (Å²) in [5.41, 5.74) is 1.85. The molecule has 1 saturated heterocycles. The monoisotopic (exact) mass is 415 g/mol. The second kappa shape index (κ2) is 9.75. The highest BCUT2D eigenvalue weighted by atomic mass is 35.5. The van der Waals surface area contributed by atoms with E-state index in [4.69, 9.17) is 11.6 Å². The highest BCUT2D eigenvalue weighted by Gasteiger charge is 2.35. The maximum absolute atomic E-state index is 12.8. The molecule has 0 spiro atoms. The molecule has 0 saturated carbocycles. The summed E-state index contributed by atoms with van der Waals surface area (Å²) in [6.45, 7) is 2.91. The number of amidine groups is 1. The quantitative estimate of drug-likeness (QED) is 0.774. The number of carbonyl (C=O) groups excluding carboxylic acids is 2. The van der Waals surface area contributed by atoms with Gasteiger partial charge < -0.3 is 5.32 Å². The summed E-state index contributed by atoms with van der Waals surface area (Å²) >= 11 is 7.29. The van der Waals surface area contributed by atoms with Gasteiger partial charge in [0.1, 0.15) is 0 Å². The molecule has 1 aliphatic heterocycles. The Kier molecular flexibility index (Phi) is 7.12. The Morgan fingerprint density at radius 2 is 1.93 bits per heavy atom. The number of hydrogen-bond acceptors (Lipinski definition) is 4. The SMILES string of the molecule is CCNC(=O)C1CC(=O)N(CCc2ccccc2)C(=Nc2ccc(Cl)cc2)S1. The van der Waals surface area contributed by atoms with Crippen molar-refractivity contribution in [2.24, 2.45) is 4.99 Å². The van der Waals surface area contributed by atoms with Gasteiger partial charge in [0.05, 0.1) is 10.9 Å². The summed E-state index contributed by atoms with van der Waals surface area (Å²) < 4.78 is 0. The summed E-state index contributed by atoms with van der Waals surface area (Å²) in [4.78, 5) is 31.4. The normalized spacial score (nSPS) is 18.4. The van der Waals surface area contributed by atoms with E-state index in [0.29, 0.717) is 29.0 Å². The van der Waals surface area contributed by atoms with Gasteiger partial charge in [-0.2, -0.15) is 0 Å². The van der Waals surface area contributed by atoms with E-state index >= 15 is 0 Å². The van der Waals surface area contributed by atoms with Gasteiger partial charge in [-0.25, -0.2) is 4.99 Å². The minimum absolute atomic E-state index is 0.0846. The average molecular weight is 416 g/mol. The summed E-state index contributed by atoms with van der Waals surface area (Å²) in [5, 5.41) is 3.50. The van der Waals surface area contributed by atoms with Gasteiger partial charge >= 0.3 is 0 Å². The van der Waals surface area contributed by atoms with Gasteiger partial charge in [-0.15, -0.1) is 0 Å². The van der Waals surface area contributed by atoms with Crippen LogP contribution < -0.4 is 5.32 Å². The number of benzene rings is 2. The number of rotatable bonds is 6. The van der Waals surface area contributed by atoms with Crippen LogP contribution in [-0.2, 0) is 16.0 Å². The molecule has 3 rings (SSSR count). The van der Waals surface area contributed by atoms with E-state index in [1.54, 1.807) is 29.2 Å². The molecule has 7 heteroatoms. The van der Waals surface area contributed by atoms with Gasteiger partial charge in [-0.1, -0.05) is 53.7 Å². The molecule has 2 amide bonds. The predicted molar refractivity (Wildman–Crippen MR) is 115 cm³/mol. The molecule has 146 valence electrons. The van der Waals surface area contributed by atoms with Crippen molar-refractivity contribution in [1.29, 1.82) is 0 Å². The number of thioether (sulfide) groups is 1. The zero-order chi connectivity index (χ0) is 19.9. The van der Waals surface area contributed by atoms with Crippen LogP contribution in [0.4, 0.5) is 5.69 Å². The Labute approximate surface area is 174 Å². The van der Waals surface area contributed by atoms with Crippen LogP contribution in [0.2, 0.25) is 5.02 Å². The first-order valence-electron chi connectivity index (χ1n) is 9.19. The van der Waals surface area contributed by atoms with E-state index in [0.717, 1.165) is 12.0 Å². The Morgan fingerprint density at radius 3 is 2.61 bits per heavy atom. The summed E-state index contributed by atoms with van der Waals surface area (Å²) in [6, 6.07) is 17.1. The average Bonchev–Trinajstić information content (AvgIpc) is 2.70. The smallest absolute Gasteiger partial charge is 0.234 e. The van der Waals surface area contributed by atoms with E-state index in [1.807, 2.05) is 37.3 Å². The van der Waals surface area contributed by atoms with Gasteiger partial charge in [-0.3, -0.25) is 14.5 Å². The maximum atomic E-state index is 12.8. The lowest BCUT2D eigenvalue weighted by molar-refractivity contribution is -0.130. The van der Waals surface area contributed by atoms with Crippen molar-refractivity contribution in [3.05, 3.63) is 65.2 Å². The Hall–Kier alpha value is -2.31. The number of hydrogen-bond donors (Lipinski definition) is 1. The molecule has 0 bridgehead atoms. The standard InChI is InChI=1S/C21H22ClN3O2S/c1-2-23-20(27)18-14-19(26)25(13-12-15-6-4-3-5-7-15)21(28-18)24-17-10-8-16(22)9-11-17/h3-11,18H,2,12-14H2,1H3,(H,23,27). The van der Waals surface area contributed by atoms with Gasteiger partial charge in [0.25, 0.3) is 0 Å². The number of amides is 2. The second-order valence-electron chi connectivity index (χ2n) is 6.36. The lowest BCUT2D eigenvalue weighted by atomic mass is 10.1. The van der Waals surface area contributed by atoms with E-state index in [-0.39, 0.29) is 18.2 Å². The summed E-state index contributed by atoms with van der Waals surface area (Å²) in [7, 11) is 0. The van der Waals surface area contributed by atoms with Gasteiger partial charge in [0.2, 0.25) is 11.8 Å². The van der Waals surface area contributed by atoms with Crippen LogP contribution in [0.1, 0.15) is 18.9 Å². The summed E-state index contributed by atoms with van der Waals surface area (Å²) in [5.74, 6) is -0.217. The van der Waals surface area contributed by atoms with Gasteiger partial charge in [-0.05, 0) is 43.2 Å². The van der Waals surface area contributed by atoms with Crippen LogP contribution in [0, 0.1) is 0 Å². The van der Waals surface area contributed by atoms with Crippen molar-refractivity contribution < 1.29 is 9.59 Å². The first kappa shape index (κ1) is 20.4. The van der Waals surface area contributed by atoms with Gasteiger partial charge in [0.15, 0.2) is 5.17 Å². The second-order valence-corrected chi connectivity index (χ2v) is 7.96. The fourth-order valence-corrected chi connectivity index (χ4v) is 4.14. The van der Waals surface area contributed by atoms with Crippen LogP contribution in [0.5, 0.6) is 0 Å². The number of aliphatic imine (C=N–C) groups is 1. The molecular formula is C21H22ClN3O2S. The third-order valence-electron chi connectivity index (χ3n) is 4.30. The molecule has 1 aliphatic rings. The van der Waals surface area contributed by atoms with Crippen molar-refractivity contribution in [2.45, 2.75) is 25.0 Å². The zero-order valence-electron chi connectivity index (χ0n) is 15.6. The topological polar surface area (TPSA) is 61.8 Å². The van der Waals surface area contributed by atoms with Crippen LogP contribution in [-0.4, -0.2) is 40.2 Å². The molecular weight excluding hydrogens is 394 g/mol. The van der Waals surface area contributed by atoms with Gasteiger partial charge in [0, 0.05) is 24.5 Å². The Morgan fingerprint density at radius 1 is 1.21 bits per heavy atom. The van der Waals surface area contributed by atoms with E-state index in [9.17, 15) is 9.59 Å². The molecule has 1 N–H and O–H groups in total. The summed E-state index contributed by atoms with van der Waals surface area (Å²) in [6.07, 6.45) is 0.892. The lowest BCUT2D eigenvalue weighted by Gasteiger charge is -2.31. The third-order valence-corrected chi connectivity index (χ3v) is 5.74. The molecule has 1 fully saturated rings. The first-order valence-corrected chi connectivity index (χ1v) is 10.5. The molecule has 1 unspecified atom stereocenters. The lowest BCUT2D eigenvalue weighted by Crippen LogP contribution is -2.47. The number of carbonyl (C=O) groups is 2. The largest absolute Gasteiger partial charge is 0.355 e. The fraction of sp³-hybridized carbons (Fsp3) is 0.286. The molecule has 0 aliphatic carbocycles. The van der Waals surface area contributed by atoms with Crippen molar-refractivity contribution in [2.75, 3.05) is 13.1 Å². The molecule has 2 aromatic carbocycles. The minimum atomic E-state index is -0.466. The molecule has 0 radical (unpaired) electrons.